The highest BCUT2D eigenvalue weighted by Crippen LogP contribution is 2.37. The molecule has 1 N–H and O–H groups in total. The Morgan fingerprint density at radius 3 is 2.68 bits per heavy atom. The first-order valence-corrected chi connectivity index (χ1v) is 7.74. The molecule has 0 amide bonds. The predicted octanol–water partition coefficient (Wildman–Crippen LogP) is 1.50. The van der Waals surface area contributed by atoms with E-state index in [1.165, 1.54) is 19.3 Å². The smallest absolute Gasteiger partial charge is 0.0700 e. The molecule has 0 aromatic rings. The first-order valence-electron chi connectivity index (χ1n) is 7.74. The van der Waals surface area contributed by atoms with Gasteiger partial charge in [-0.25, -0.2) is 0 Å². The van der Waals surface area contributed by atoms with Gasteiger partial charge in [-0.15, -0.1) is 0 Å². The molecule has 0 spiro atoms. The maximum atomic E-state index is 5.64. The Morgan fingerprint density at radius 2 is 2.05 bits per heavy atom. The average Bonchev–Trinajstić information content (AvgIpc) is 3.23. The van der Waals surface area contributed by atoms with Gasteiger partial charge in [0.05, 0.1) is 19.8 Å². The summed E-state index contributed by atoms with van der Waals surface area (Å²) in [5.41, 5.74) is 0.276. The van der Waals surface area contributed by atoms with E-state index < -0.39 is 0 Å². The van der Waals surface area contributed by atoms with Crippen molar-refractivity contribution in [2.45, 2.75) is 44.7 Å². The van der Waals surface area contributed by atoms with Crippen LogP contribution in [0.2, 0.25) is 0 Å². The van der Waals surface area contributed by atoms with Crippen LogP contribution in [0.5, 0.6) is 0 Å². The molecule has 112 valence electrons. The monoisotopic (exact) mass is 270 g/mol. The molecule has 0 radical (unpaired) electrons. The lowest BCUT2D eigenvalue weighted by Crippen LogP contribution is -2.63. The third-order valence-electron chi connectivity index (χ3n) is 4.66. The summed E-state index contributed by atoms with van der Waals surface area (Å²) in [4.78, 5) is 2.66. The van der Waals surface area contributed by atoms with Crippen molar-refractivity contribution < 1.29 is 9.47 Å². The van der Waals surface area contributed by atoms with Crippen LogP contribution < -0.4 is 5.32 Å². The molecule has 1 aliphatic heterocycles. The first kappa shape index (κ1) is 15.2. The van der Waals surface area contributed by atoms with Gasteiger partial charge in [0.1, 0.15) is 0 Å². The van der Waals surface area contributed by atoms with Crippen LogP contribution in [-0.4, -0.2) is 63.0 Å². The largest absolute Gasteiger partial charge is 0.382 e. The third-order valence-corrected chi connectivity index (χ3v) is 4.66. The van der Waals surface area contributed by atoms with Crippen LogP contribution in [0, 0.1) is 5.92 Å². The molecular formula is C15H30N2O2. The van der Waals surface area contributed by atoms with E-state index in [9.17, 15) is 0 Å². The maximum Gasteiger partial charge on any atom is 0.0700 e. The van der Waals surface area contributed by atoms with Gasteiger partial charge in [0.15, 0.2) is 0 Å². The molecule has 1 aliphatic carbocycles. The summed E-state index contributed by atoms with van der Waals surface area (Å²) in [7, 11) is 1.72. The van der Waals surface area contributed by atoms with E-state index in [4.69, 9.17) is 9.47 Å². The molecule has 2 fully saturated rings. The van der Waals surface area contributed by atoms with Gasteiger partial charge in [-0.2, -0.15) is 0 Å². The first-order chi connectivity index (χ1) is 9.18. The highest BCUT2D eigenvalue weighted by molar-refractivity contribution is 4.99. The van der Waals surface area contributed by atoms with Crippen molar-refractivity contribution in [3.05, 3.63) is 0 Å². The Morgan fingerprint density at radius 1 is 1.26 bits per heavy atom. The Hall–Kier alpha value is -0.160. The topological polar surface area (TPSA) is 33.7 Å². The van der Waals surface area contributed by atoms with Gasteiger partial charge in [-0.1, -0.05) is 6.92 Å². The van der Waals surface area contributed by atoms with E-state index in [0.717, 1.165) is 38.2 Å². The molecule has 2 unspecified atom stereocenters. The van der Waals surface area contributed by atoms with Gasteiger partial charge in [-0.05, 0) is 32.1 Å². The van der Waals surface area contributed by atoms with Gasteiger partial charge in [0, 0.05) is 38.3 Å². The Bertz CT molecular complexity index is 271. The summed E-state index contributed by atoms with van der Waals surface area (Å²) in [5, 5.41) is 3.75. The lowest BCUT2D eigenvalue weighted by molar-refractivity contribution is 0.0220. The number of piperazine rings is 1. The number of hydrogen-bond acceptors (Lipinski definition) is 4. The summed E-state index contributed by atoms with van der Waals surface area (Å²) in [6.45, 7) is 10.2. The highest BCUT2D eigenvalue weighted by Gasteiger charge is 2.41. The number of nitrogens with one attached hydrogen (secondary N) is 1. The molecule has 0 aromatic heterocycles. The third kappa shape index (κ3) is 4.42. The van der Waals surface area contributed by atoms with Crippen molar-refractivity contribution in [3.8, 4) is 0 Å². The van der Waals surface area contributed by atoms with Crippen LogP contribution in [0.3, 0.4) is 0 Å². The van der Waals surface area contributed by atoms with Crippen molar-refractivity contribution in [2.75, 3.05) is 46.6 Å². The van der Waals surface area contributed by atoms with E-state index in [-0.39, 0.29) is 5.54 Å². The van der Waals surface area contributed by atoms with Gasteiger partial charge < -0.3 is 14.8 Å². The van der Waals surface area contributed by atoms with Crippen molar-refractivity contribution in [1.82, 2.24) is 10.2 Å². The Kier molecular flexibility index (Phi) is 5.63. The molecule has 1 saturated carbocycles. The molecule has 4 heteroatoms. The number of ether oxygens (including phenoxy) is 2. The number of rotatable bonds is 8. The second kappa shape index (κ2) is 7.02. The summed E-state index contributed by atoms with van der Waals surface area (Å²) in [6.07, 6.45) is 4.01. The van der Waals surface area contributed by atoms with Gasteiger partial charge >= 0.3 is 0 Å². The van der Waals surface area contributed by atoms with E-state index in [2.05, 4.69) is 24.1 Å². The lowest BCUT2D eigenvalue weighted by atomic mass is 9.92. The van der Waals surface area contributed by atoms with Crippen molar-refractivity contribution in [1.29, 1.82) is 0 Å². The van der Waals surface area contributed by atoms with Crippen LogP contribution in [-0.2, 0) is 9.47 Å². The van der Waals surface area contributed by atoms with Crippen molar-refractivity contribution in [2.24, 2.45) is 5.92 Å². The second-order valence-electron chi connectivity index (χ2n) is 6.28. The zero-order chi connectivity index (χ0) is 13.7. The van der Waals surface area contributed by atoms with E-state index >= 15 is 0 Å². The van der Waals surface area contributed by atoms with Crippen molar-refractivity contribution >= 4 is 0 Å². The summed E-state index contributed by atoms with van der Waals surface area (Å²) in [5.74, 6) is 0.924. The SMILES string of the molecule is CCC1(C)CN(CCOCCOC)C(C2CC2)CN1. The van der Waals surface area contributed by atoms with Crippen LogP contribution in [0.25, 0.3) is 0 Å². The van der Waals surface area contributed by atoms with Crippen molar-refractivity contribution in [3.63, 3.8) is 0 Å². The molecule has 1 saturated heterocycles. The van der Waals surface area contributed by atoms with Crippen LogP contribution in [0.1, 0.15) is 33.1 Å². The van der Waals surface area contributed by atoms with Gasteiger partial charge in [0.2, 0.25) is 0 Å². The zero-order valence-corrected chi connectivity index (χ0v) is 12.8. The number of hydrogen-bond donors (Lipinski definition) is 1. The predicted molar refractivity (Wildman–Crippen MR) is 77.5 cm³/mol. The fourth-order valence-corrected chi connectivity index (χ4v) is 2.96. The van der Waals surface area contributed by atoms with Crippen LogP contribution in [0.4, 0.5) is 0 Å². The minimum absolute atomic E-state index is 0.276. The normalized spacial score (nSPS) is 32.7. The molecule has 2 aliphatic rings. The van der Waals surface area contributed by atoms with Crippen LogP contribution in [0.15, 0.2) is 0 Å². The standard InChI is InChI=1S/C15H30N2O2/c1-4-15(2)12-17(7-8-19-10-9-18-3)14(11-16-15)13-5-6-13/h13-14,16H,4-12H2,1-3H3. The van der Waals surface area contributed by atoms with Gasteiger partial charge in [0.25, 0.3) is 0 Å². The molecule has 0 aromatic carbocycles. The maximum absolute atomic E-state index is 5.64. The fraction of sp³-hybridized carbons (Fsp3) is 1.00. The van der Waals surface area contributed by atoms with E-state index in [1.807, 2.05) is 0 Å². The molecule has 1 heterocycles. The van der Waals surface area contributed by atoms with Crippen LogP contribution >= 0.6 is 0 Å². The molecular weight excluding hydrogens is 240 g/mol. The van der Waals surface area contributed by atoms with E-state index in [1.54, 1.807) is 7.11 Å². The summed E-state index contributed by atoms with van der Waals surface area (Å²) >= 11 is 0. The molecule has 19 heavy (non-hydrogen) atoms. The van der Waals surface area contributed by atoms with Gasteiger partial charge in [-0.3, -0.25) is 4.90 Å². The quantitative estimate of drug-likeness (QED) is 0.678. The minimum Gasteiger partial charge on any atom is -0.382 e. The number of nitrogens with zero attached hydrogens (tertiary/aromatic N) is 1. The van der Waals surface area contributed by atoms with E-state index in [0.29, 0.717) is 13.2 Å². The number of methoxy groups -OCH3 is 1. The molecule has 0 bridgehead atoms. The molecule has 2 rings (SSSR count). The lowest BCUT2D eigenvalue weighted by Gasteiger charge is -2.46. The second-order valence-corrected chi connectivity index (χ2v) is 6.28. The highest BCUT2D eigenvalue weighted by atomic mass is 16.5. The summed E-state index contributed by atoms with van der Waals surface area (Å²) in [6, 6.07) is 0.727. The minimum atomic E-state index is 0.276. The fourth-order valence-electron chi connectivity index (χ4n) is 2.96. The Labute approximate surface area is 117 Å². The molecule has 4 nitrogen and oxygen atoms in total. The Balaban J connectivity index is 1.78. The average molecular weight is 270 g/mol. The molecule has 2 atom stereocenters. The zero-order valence-electron chi connectivity index (χ0n) is 12.8. The summed E-state index contributed by atoms with van der Waals surface area (Å²) < 4.78 is 10.6.